The first-order chi connectivity index (χ1) is 12.7. The van der Waals surface area contributed by atoms with Crippen LogP contribution in [0.5, 0.6) is 0 Å². The summed E-state index contributed by atoms with van der Waals surface area (Å²) < 4.78 is 7.69. The lowest BCUT2D eigenvalue weighted by atomic mass is 10.1. The number of rotatable bonds is 3. The van der Waals surface area contributed by atoms with E-state index in [9.17, 15) is 4.79 Å². The van der Waals surface area contributed by atoms with Gasteiger partial charge < -0.3 is 13.9 Å². The van der Waals surface area contributed by atoms with E-state index in [-0.39, 0.29) is 11.9 Å². The van der Waals surface area contributed by atoms with E-state index in [1.807, 2.05) is 42.3 Å². The minimum atomic E-state index is -0.216. The molecule has 1 atom stereocenters. The summed E-state index contributed by atoms with van der Waals surface area (Å²) in [4.78, 5) is 19.1. The van der Waals surface area contributed by atoms with Crippen LogP contribution in [0.2, 0.25) is 0 Å². The van der Waals surface area contributed by atoms with Crippen molar-refractivity contribution < 1.29 is 9.21 Å². The molecular formula is C19H21N5O2. The summed E-state index contributed by atoms with van der Waals surface area (Å²) in [5.41, 5.74) is 0.877. The van der Waals surface area contributed by atoms with E-state index in [0.29, 0.717) is 24.2 Å². The smallest absolute Gasteiger partial charge is 0.290 e. The highest BCUT2D eigenvalue weighted by molar-refractivity contribution is 5.91. The molecule has 26 heavy (non-hydrogen) atoms. The normalized spacial score (nSPS) is 17.9. The van der Waals surface area contributed by atoms with E-state index in [1.54, 1.807) is 17.0 Å². The van der Waals surface area contributed by atoms with Crippen LogP contribution in [-0.4, -0.2) is 37.1 Å². The van der Waals surface area contributed by atoms with E-state index in [1.165, 1.54) is 0 Å². The fourth-order valence-electron chi connectivity index (χ4n) is 3.37. The molecule has 1 fully saturated rings. The van der Waals surface area contributed by atoms with Gasteiger partial charge in [0.2, 0.25) is 11.8 Å². The van der Waals surface area contributed by atoms with Crippen LogP contribution in [-0.2, 0) is 7.05 Å². The Balaban J connectivity index is 1.65. The molecule has 0 bridgehead atoms. The molecule has 1 aliphatic rings. The molecule has 3 aromatic rings. The van der Waals surface area contributed by atoms with Gasteiger partial charge in [-0.2, -0.15) is 0 Å². The van der Waals surface area contributed by atoms with E-state index < -0.39 is 0 Å². The number of hydrogen-bond donors (Lipinski definition) is 0. The van der Waals surface area contributed by atoms with Crippen molar-refractivity contribution in [1.29, 1.82) is 0 Å². The Bertz CT molecular complexity index is 886. The van der Waals surface area contributed by atoms with Crippen LogP contribution in [0.25, 0.3) is 11.5 Å². The Hall–Kier alpha value is -2.96. The summed E-state index contributed by atoms with van der Waals surface area (Å²) in [6.45, 7) is 0.666. The molecule has 0 radical (unpaired) electrons. The highest BCUT2D eigenvalue weighted by atomic mass is 16.4. The van der Waals surface area contributed by atoms with E-state index in [4.69, 9.17) is 4.42 Å². The Morgan fingerprint density at radius 3 is 2.77 bits per heavy atom. The molecule has 0 spiro atoms. The van der Waals surface area contributed by atoms with Gasteiger partial charge in [0, 0.05) is 31.5 Å². The second-order valence-corrected chi connectivity index (χ2v) is 6.54. The zero-order chi connectivity index (χ0) is 17.9. The zero-order valence-corrected chi connectivity index (χ0v) is 14.7. The molecular weight excluding hydrogens is 330 g/mol. The summed E-state index contributed by atoms with van der Waals surface area (Å²) >= 11 is 0. The molecule has 4 rings (SSSR count). The number of aromatic nitrogens is 4. The topological polar surface area (TPSA) is 77.1 Å². The molecule has 0 N–H and O–H groups in total. The van der Waals surface area contributed by atoms with Crippen molar-refractivity contribution in [2.45, 2.75) is 31.7 Å². The minimum Gasteiger partial charge on any atom is -0.418 e. The van der Waals surface area contributed by atoms with Crippen LogP contribution >= 0.6 is 0 Å². The van der Waals surface area contributed by atoms with Crippen molar-refractivity contribution in [2.75, 3.05) is 6.54 Å². The number of carbonyl (C=O) groups excluding carboxylic acids is 1. The van der Waals surface area contributed by atoms with E-state index >= 15 is 0 Å². The van der Waals surface area contributed by atoms with Gasteiger partial charge in [0.05, 0.1) is 0 Å². The molecule has 0 aliphatic carbocycles. The molecule has 1 amide bonds. The van der Waals surface area contributed by atoms with Gasteiger partial charge in [0.15, 0.2) is 5.82 Å². The molecule has 7 nitrogen and oxygen atoms in total. The second kappa shape index (κ2) is 7.11. The van der Waals surface area contributed by atoms with Crippen molar-refractivity contribution in [1.82, 2.24) is 24.6 Å². The fourth-order valence-corrected chi connectivity index (χ4v) is 3.37. The van der Waals surface area contributed by atoms with Crippen LogP contribution in [0, 0.1) is 0 Å². The van der Waals surface area contributed by atoms with Gasteiger partial charge in [-0.1, -0.05) is 31.0 Å². The minimum absolute atomic E-state index is 0.0936. The Morgan fingerprint density at radius 2 is 2.00 bits per heavy atom. The number of hydrogen-bond acceptors (Lipinski definition) is 5. The van der Waals surface area contributed by atoms with Gasteiger partial charge in [-0.05, 0) is 25.0 Å². The number of likely N-dealkylation sites (tertiary alicyclic amines) is 1. The molecule has 3 heterocycles. The molecule has 1 aromatic carbocycles. The fraction of sp³-hybridized carbons (Fsp3) is 0.368. The first-order valence-electron chi connectivity index (χ1n) is 8.91. The molecule has 0 saturated carbocycles. The third kappa shape index (κ3) is 3.12. The number of benzene rings is 1. The molecule has 2 aromatic heterocycles. The quantitative estimate of drug-likeness (QED) is 0.724. The van der Waals surface area contributed by atoms with Gasteiger partial charge in [-0.3, -0.25) is 4.79 Å². The van der Waals surface area contributed by atoms with Gasteiger partial charge in [0.25, 0.3) is 5.91 Å². The predicted octanol–water partition coefficient (Wildman–Crippen LogP) is 3.23. The molecule has 1 saturated heterocycles. The van der Waals surface area contributed by atoms with E-state index in [2.05, 4.69) is 15.2 Å². The maximum Gasteiger partial charge on any atom is 0.290 e. The summed E-state index contributed by atoms with van der Waals surface area (Å²) in [6.07, 6.45) is 7.30. The lowest BCUT2D eigenvalue weighted by Gasteiger charge is -2.27. The largest absolute Gasteiger partial charge is 0.418 e. The van der Waals surface area contributed by atoms with Gasteiger partial charge in [0.1, 0.15) is 6.04 Å². The van der Waals surface area contributed by atoms with E-state index in [0.717, 1.165) is 31.2 Å². The van der Waals surface area contributed by atoms with Crippen molar-refractivity contribution in [3.63, 3.8) is 0 Å². The molecule has 1 aliphatic heterocycles. The molecule has 1 unspecified atom stereocenters. The Morgan fingerprint density at radius 1 is 1.15 bits per heavy atom. The number of nitrogens with zero attached hydrogens (tertiary/aromatic N) is 5. The van der Waals surface area contributed by atoms with Crippen molar-refractivity contribution in [3.05, 3.63) is 54.4 Å². The number of imidazole rings is 1. The van der Waals surface area contributed by atoms with Gasteiger partial charge >= 0.3 is 0 Å². The predicted molar refractivity (Wildman–Crippen MR) is 95.2 cm³/mol. The standard InChI is InChI=1S/C19H21N5O2/c1-23-13-11-20-16(23)19(25)24-12-7-3-6-10-15(24)18-22-21-17(26-18)14-8-4-2-5-9-14/h2,4-5,8-9,11,13,15H,3,6-7,10,12H2,1H3. The highest BCUT2D eigenvalue weighted by Gasteiger charge is 2.33. The SMILES string of the molecule is Cn1ccnc1C(=O)N1CCCCCC1c1nnc(-c2ccccc2)o1. The maximum atomic E-state index is 13.0. The maximum absolute atomic E-state index is 13.0. The van der Waals surface area contributed by atoms with Gasteiger partial charge in [-0.15, -0.1) is 10.2 Å². The zero-order valence-electron chi connectivity index (χ0n) is 14.7. The third-order valence-corrected chi connectivity index (χ3v) is 4.77. The first-order valence-corrected chi connectivity index (χ1v) is 8.91. The number of aryl methyl sites for hydroxylation is 1. The summed E-state index contributed by atoms with van der Waals surface area (Å²) in [5, 5.41) is 8.45. The highest BCUT2D eigenvalue weighted by Crippen LogP contribution is 2.32. The summed E-state index contributed by atoms with van der Waals surface area (Å²) in [5.74, 6) is 1.31. The second-order valence-electron chi connectivity index (χ2n) is 6.54. The van der Waals surface area contributed by atoms with Gasteiger partial charge in [-0.25, -0.2) is 4.98 Å². The Labute approximate surface area is 151 Å². The summed E-state index contributed by atoms with van der Waals surface area (Å²) in [7, 11) is 1.83. The number of carbonyl (C=O) groups is 1. The third-order valence-electron chi connectivity index (χ3n) is 4.77. The molecule has 134 valence electrons. The lowest BCUT2D eigenvalue weighted by molar-refractivity contribution is 0.0636. The lowest BCUT2D eigenvalue weighted by Crippen LogP contribution is -2.36. The van der Waals surface area contributed by atoms with Crippen molar-refractivity contribution in [3.8, 4) is 11.5 Å². The first kappa shape index (κ1) is 16.5. The van der Waals surface area contributed by atoms with Crippen LogP contribution in [0.3, 0.4) is 0 Å². The van der Waals surface area contributed by atoms with Crippen LogP contribution in [0.15, 0.2) is 47.1 Å². The van der Waals surface area contributed by atoms with Crippen LogP contribution in [0.4, 0.5) is 0 Å². The van der Waals surface area contributed by atoms with Crippen LogP contribution in [0.1, 0.15) is 48.2 Å². The summed E-state index contributed by atoms with van der Waals surface area (Å²) in [6, 6.07) is 9.46. The average Bonchev–Trinajstić information content (AvgIpc) is 3.25. The van der Waals surface area contributed by atoms with Crippen molar-refractivity contribution >= 4 is 5.91 Å². The number of amides is 1. The van der Waals surface area contributed by atoms with Crippen LogP contribution < -0.4 is 0 Å². The average molecular weight is 351 g/mol. The Kier molecular flexibility index (Phi) is 4.51. The monoisotopic (exact) mass is 351 g/mol. The molecule has 7 heteroatoms. The van der Waals surface area contributed by atoms with Crippen molar-refractivity contribution in [2.24, 2.45) is 7.05 Å².